The van der Waals surface area contributed by atoms with Gasteiger partial charge in [-0.15, -0.1) is 0 Å². The van der Waals surface area contributed by atoms with E-state index in [4.69, 9.17) is 0 Å². The molecule has 0 aliphatic heterocycles. The smallest absolute Gasteiger partial charge is 0.134 e. The van der Waals surface area contributed by atoms with Gasteiger partial charge < -0.3 is 0 Å². The Morgan fingerprint density at radius 3 is 2.55 bits per heavy atom. The van der Waals surface area contributed by atoms with Gasteiger partial charge in [-0.25, -0.2) is 0 Å². The Bertz CT molecular complexity index is 754. The summed E-state index contributed by atoms with van der Waals surface area (Å²) in [5, 5.41) is 1.15. The Kier molecular flexibility index (Phi) is 3.30. The molecule has 1 aromatic heterocycles. The number of nitrogens with zero attached hydrogens (tertiary/aromatic N) is 1. The summed E-state index contributed by atoms with van der Waals surface area (Å²) in [5.41, 5.74) is 4.37. The highest BCUT2D eigenvalue weighted by Gasteiger charge is 2.04. The number of fused-ring (bicyclic) bond motifs is 1. The zero-order valence-electron chi connectivity index (χ0n) is 11.3. The second kappa shape index (κ2) is 5.25. The second-order valence-electron chi connectivity index (χ2n) is 4.95. The number of benzene rings is 2. The lowest BCUT2D eigenvalue weighted by molar-refractivity contribution is -0.116. The van der Waals surface area contributed by atoms with Crippen molar-refractivity contribution in [2.24, 2.45) is 0 Å². The minimum absolute atomic E-state index is 0.187. The molecule has 2 nitrogen and oxygen atoms in total. The van der Waals surface area contributed by atoms with E-state index in [0.29, 0.717) is 6.42 Å². The lowest BCUT2D eigenvalue weighted by atomic mass is 9.98. The van der Waals surface area contributed by atoms with Crippen molar-refractivity contribution in [3.05, 3.63) is 66.4 Å². The highest BCUT2D eigenvalue weighted by molar-refractivity contribution is 5.94. The number of hydrogen-bond acceptors (Lipinski definition) is 2. The highest BCUT2D eigenvalue weighted by atomic mass is 16.1. The molecule has 3 aromatic rings. The molecule has 0 saturated heterocycles. The monoisotopic (exact) mass is 261 g/mol. The van der Waals surface area contributed by atoms with Gasteiger partial charge in [0.25, 0.3) is 0 Å². The van der Waals surface area contributed by atoms with E-state index in [1.54, 1.807) is 6.92 Å². The van der Waals surface area contributed by atoms with Crippen LogP contribution in [0.15, 0.2) is 60.8 Å². The van der Waals surface area contributed by atoms with Gasteiger partial charge in [0.1, 0.15) is 5.78 Å². The van der Waals surface area contributed by atoms with Gasteiger partial charge in [0.15, 0.2) is 0 Å². The van der Waals surface area contributed by atoms with E-state index in [2.05, 4.69) is 29.2 Å². The van der Waals surface area contributed by atoms with Crippen LogP contribution in [0.2, 0.25) is 0 Å². The Balaban J connectivity index is 2.05. The molecule has 0 saturated carbocycles. The zero-order valence-corrected chi connectivity index (χ0v) is 11.3. The predicted molar refractivity (Wildman–Crippen MR) is 81.6 cm³/mol. The maximum atomic E-state index is 11.1. The molecule has 0 aliphatic rings. The molecule has 0 radical (unpaired) electrons. The van der Waals surface area contributed by atoms with E-state index in [1.165, 1.54) is 5.56 Å². The molecule has 0 bridgehead atoms. The van der Waals surface area contributed by atoms with Crippen LogP contribution < -0.4 is 0 Å². The van der Waals surface area contributed by atoms with Gasteiger partial charge in [-0.1, -0.05) is 42.5 Å². The average Bonchev–Trinajstić information content (AvgIpc) is 2.47. The summed E-state index contributed by atoms with van der Waals surface area (Å²) in [7, 11) is 0. The lowest BCUT2D eigenvalue weighted by Gasteiger charge is -2.07. The van der Waals surface area contributed by atoms with Gasteiger partial charge in [-0.2, -0.15) is 0 Å². The molecule has 0 atom stereocenters. The van der Waals surface area contributed by atoms with Crippen molar-refractivity contribution in [2.45, 2.75) is 13.3 Å². The van der Waals surface area contributed by atoms with E-state index >= 15 is 0 Å². The minimum Gasteiger partial charge on any atom is -0.300 e. The molecule has 98 valence electrons. The summed E-state index contributed by atoms with van der Waals surface area (Å²) in [6.45, 7) is 1.62. The Labute approximate surface area is 118 Å². The Hall–Kier alpha value is -2.48. The summed E-state index contributed by atoms with van der Waals surface area (Å²) < 4.78 is 0. The maximum absolute atomic E-state index is 11.1. The normalized spacial score (nSPS) is 10.7. The number of carbonyl (C=O) groups excluding carboxylic acids is 1. The van der Waals surface area contributed by atoms with Crippen LogP contribution in [0.1, 0.15) is 12.5 Å². The number of pyridine rings is 1. The van der Waals surface area contributed by atoms with Gasteiger partial charge in [0.05, 0.1) is 5.52 Å². The average molecular weight is 261 g/mol. The van der Waals surface area contributed by atoms with Crippen LogP contribution in [0.5, 0.6) is 0 Å². The zero-order chi connectivity index (χ0) is 13.9. The van der Waals surface area contributed by atoms with Crippen LogP contribution in [0, 0.1) is 0 Å². The van der Waals surface area contributed by atoms with E-state index in [1.807, 2.05) is 36.5 Å². The van der Waals surface area contributed by atoms with Gasteiger partial charge in [0, 0.05) is 18.0 Å². The van der Waals surface area contributed by atoms with Crippen molar-refractivity contribution >= 4 is 16.7 Å². The molecule has 2 heteroatoms. The third kappa shape index (κ3) is 2.45. The molecule has 20 heavy (non-hydrogen) atoms. The fourth-order valence-electron chi connectivity index (χ4n) is 2.44. The fourth-order valence-corrected chi connectivity index (χ4v) is 2.44. The first-order valence-corrected chi connectivity index (χ1v) is 6.66. The number of ketones is 1. The molecule has 2 aromatic carbocycles. The predicted octanol–water partition coefficient (Wildman–Crippen LogP) is 4.03. The van der Waals surface area contributed by atoms with Crippen LogP contribution >= 0.6 is 0 Å². The summed E-state index contributed by atoms with van der Waals surface area (Å²) >= 11 is 0. The summed E-state index contributed by atoms with van der Waals surface area (Å²) in [6, 6.07) is 18.4. The molecule has 0 amide bonds. The van der Waals surface area contributed by atoms with Gasteiger partial charge in [-0.3, -0.25) is 9.78 Å². The van der Waals surface area contributed by atoms with Crippen LogP contribution in [0.25, 0.3) is 22.0 Å². The van der Waals surface area contributed by atoms with Crippen molar-refractivity contribution in [2.75, 3.05) is 0 Å². The van der Waals surface area contributed by atoms with Crippen LogP contribution in [-0.2, 0) is 11.2 Å². The molecule has 1 heterocycles. The third-order valence-corrected chi connectivity index (χ3v) is 3.36. The van der Waals surface area contributed by atoms with Crippen LogP contribution in [-0.4, -0.2) is 10.8 Å². The second-order valence-corrected chi connectivity index (χ2v) is 4.95. The number of carbonyl (C=O) groups is 1. The van der Waals surface area contributed by atoms with Crippen molar-refractivity contribution in [3.8, 4) is 11.1 Å². The largest absolute Gasteiger partial charge is 0.300 e. The molecular formula is C18H15NO. The van der Waals surface area contributed by atoms with Crippen molar-refractivity contribution in [1.82, 2.24) is 4.98 Å². The van der Waals surface area contributed by atoms with E-state index in [-0.39, 0.29) is 5.78 Å². The molecule has 0 fully saturated rings. The van der Waals surface area contributed by atoms with Gasteiger partial charge in [0.2, 0.25) is 0 Å². The molecular weight excluding hydrogens is 246 g/mol. The fraction of sp³-hybridized carbons (Fsp3) is 0.111. The number of Topliss-reactive ketones (excluding diaryl/α,β-unsaturated/α-hetero) is 1. The minimum atomic E-state index is 0.187. The van der Waals surface area contributed by atoms with Crippen molar-refractivity contribution < 1.29 is 4.79 Å². The quantitative estimate of drug-likeness (QED) is 0.712. The van der Waals surface area contributed by atoms with Crippen LogP contribution in [0.4, 0.5) is 0 Å². The molecule has 3 rings (SSSR count). The van der Waals surface area contributed by atoms with E-state index in [9.17, 15) is 4.79 Å². The van der Waals surface area contributed by atoms with Crippen molar-refractivity contribution in [3.63, 3.8) is 0 Å². The number of aromatic nitrogens is 1. The van der Waals surface area contributed by atoms with Crippen molar-refractivity contribution in [1.29, 1.82) is 0 Å². The summed E-state index contributed by atoms with van der Waals surface area (Å²) in [6.07, 6.45) is 2.31. The van der Waals surface area contributed by atoms with E-state index < -0.39 is 0 Å². The lowest BCUT2D eigenvalue weighted by Crippen LogP contribution is -1.95. The summed E-state index contributed by atoms with van der Waals surface area (Å²) in [5.74, 6) is 0.187. The third-order valence-electron chi connectivity index (χ3n) is 3.36. The molecule has 0 aliphatic carbocycles. The SMILES string of the molecule is CC(=O)Cc1ccc(-c2cccc3ncccc23)cc1. The summed E-state index contributed by atoms with van der Waals surface area (Å²) in [4.78, 5) is 15.5. The molecule has 0 spiro atoms. The maximum Gasteiger partial charge on any atom is 0.134 e. The van der Waals surface area contributed by atoms with Gasteiger partial charge >= 0.3 is 0 Å². The Morgan fingerprint density at radius 2 is 1.80 bits per heavy atom. The van der Waals surface area contributed by atoms with Crippen LogP contribution in [0.3, 0.4) is 0 Å². The van der Waals surface area contributed by atoms with Gasteiger partial charge in [-0.05, 0) is 35.7 Å². The first kappa shape index (κ1) is 12.5. The molecule has 0 unspecified atom stereocenters. The van der Waals surface area contributed by atoms with E-state index in [0.717, 1.165) is 22.0 Å². The first-order valence-electron chi connectivity index (χ1n) is 6.66. The first-order chi connectivity index (χ1) is 9.74. The Morgan fingerprint density at radius 1 is 1.00 bits per heavy atom. The number of hydrogen-bond donors (Lipinski definition) is 0. The topological polar surface area (TPSA) is 30.0 Å². The highest BCUT2D eigenvalue weighted by Crippen LogP contribution is 2.27. The number of rotatable bonds is 3. The standard InChI is InChI=1S/C18H15NO/c1-13(20)12-14-7-9-15(10-8-14)16-4-2-6-18-17(16)5-3-11-19-18/h2-11H,12H2,1H3. The molecule has 0 N–H and O–H groups in total.